The second-order valence-electron chi connectivity index (χ2n) is 6.24. The van der Waals surface area contributed by atoms with Gasteiger partial charge in [0.1, 0.15) is 5.75 Å². The SMILES string of the molecule is N=Cc1cc(OCCCN2CCCC2)ccc1C1=NNC(=O)CC1. The number of hydrazone groups is 1. The zero-order valence-corrected chi connectivity index (χ0v) is 13.9. The fourth-order valence-electron chi connectivity index (χ4n) is 3.17. The van der Waals surface area contributed by atoms with Crippen LogP contribution < -0.4 is 10.2 Å². The lowest BCUT2D eigenvalue weighted by Gasteiger charge is -2.16. The monoisotopic (exact) mass is 328 g/mol. The second kappa shape index (κ2) is 8.06. The molecule has 1 aromatic rings. The van der Waals surface area contributed by atoms with E-state index in [0.29, 0.717) is 19.4 Å². The van der Waals surface area contributed by atoms with Gasteiger partial charge < -0.3 is 15.0 Å². The predicted molar refractivity (Wildman–Crippen MR) is 94.0 cm³/mol. The highest BCUT2D eigenvalue weighted by Gasteiger charge is 2.16. The average Bonchev–Trinajstić information content (AvgIpc) is 3.13. The summed E-state index contributed by atoms with van der Waals surface area (Å²) in [4.78, 5) is 13.7. The molecule has 2 aliphatic heterocycles. The summed E-state index contributed by atoms with van der Waals surface area (Å²) in [6, 6.07) is 5.71. The molecule has 24 heavy (non-hydrogen) atoms. The van der Waals surface area contributed by atoms with Crippen molar-refractivity contribution in [2.24, 2.45) is 5.10 Å². The molecule has 0 spiro atoms. The fourth-order valence-corrected chi connectivity index (χ4v) is 3.17. The van der Waals surface area contributed by atoms with E-state index in [-0.39, 0.29) is 5.91 Å². The number of amides is 1. The van der Waals surface area contributed by atoms with Crippen LogP contribution in [0.2, 0.25) is 0 Å². The Labute approximate surface area is 142 Å². The highest BCUT2D eigenvalue weighted by Crippen LogP contribution is 2.20. The van der Waals surface area contributed by atoms with Crippen LogP contribution in [-0.2, 0) is 4.79 Å². The summed E-state index contributed by atoms with van der Waals surface area (Å²) < 4.78 is 5.83. The van der Waals surface area contributed by atoms with E-state index >= 15 is 0 Å². The molecule has 0 aliphatic carbocycles. The number of carbonyl (C=O) groups is 1. The van der Waals surface area contributed by atoms with E-state index in [2.05, 4.69) is 15.4 Å². The Hall–Kier alpha value is -2.21. The van der Waals surface area contributed by atoms with Crippen molar-refractivity contribution in [2.45, 2.75) is 32.1 Å². The molecule has 3 rings (SSSR count). The van der Waals surface area contributed by atoms with Crippen LogP contribution in [-0.4, -0.2) is 49.0 Å². The first-order valence-corrected chi connectivity index (χ1v) is 8.62. The van der Waals surface area contributed by atoms with Crippen LogP contribution in [0.25, 0.3) is 0 Å². The van der Waals surface area contributed by atoms with Crippen LogP contribution >= 0.6 is 0 Å². The minimum atomic E-state index is -0.0619. The lowest BCUT2D eigenvalue weighted by molar-refractivity contribution is -0.121. The van der Waals surface area contributed by atoms with Gasteiger partial charge >= 0.3 is 0 Å². The molecule has 0 saturated carbocycles. The lowest BCUT2D eigenvalue weighted by Crippen LogP contribution is -2.26. The van der Waals surface area contributed by atoms with Crippen molar-refractivity contribution >= 4 is 17.8 Å². The Morgan fingerprint density at radius 2 is 2.12 bits per heavy atom. The van der Waals surface area contributed by atoms with E-state index in [1.807, 2.05) is 18.2 Å². The van der Waals surface area contributed by atoms with Crippen molar-refractivity contribution in [1.82, 2.24) is 10.3 Å². The van der Waals surface area contributed by atoms with Crippen molar-refractivity contribution < 1.29 is 9.53 Å². The lowest BCUT2D eigenvalue weighted by atomic mass is 9.99. The molecule has 2 heterocycles. The number of likely N-dealkylation sites (tertiary alicyclic amines) is 1. The Bertz CT molecular complexity index is 636. The third-order valence-corrected chi connectivity index (χ3v) is 4.48. The highest BCUT2D eigenvalue weighted by molar-refractivity contribution is 6.08. The normalized spacial score (nSPS) is 18.2. The summed E-state index contributed by atoms with van der Waals surface area (Å²) in [5, 5.41) is 11.7. The topological polar surface area (TPSA) is 77.8 Å². The standard InChI is InChI=1S/C18H24N4O2/c19-13-14-12-15(24-11-3-10-22-8-1-2-9-22)4-5-16(14)17-6-7-18(23)21-20-17/h4-5,12-13,19H,1-3,6-11H2,(H,21,23). The minimum Gasteiger partial charge on any atom is -0.494 e. The quantitative estimate of drug-likeness (QED) is 0.595. The first-order valence-electron chi connectivity index (χ1n) is 8.62. The third kappa shape index (κ3) is 4.20. The predicted octanol–water partition coefficient (Wildman–Crippen LogP) is 2.16. The van der Waals surface area contributed by atoms with Gasteiger partial charge in [0.2, 0.25) is 5.91 Å². The van der Waals surface area contributed by atoms with Crippen LogP contribution in [0.15, 0.2) is 23.3 Å². The molecule has 1 saturated heterocycles. The average molecular weight is 328 g/mol. The van der Waals surface area contributed by atoms with Gasteiger partial charge in [-0.05, 0) is 50.6 Å². The van der Waals surface area contributed by atoms with Crippen LogP contribution in [0, 0.1) is 5.41 Å². The molecule has 1 amide bonds. The number of carbonyl (C=O) groups excluding carboxylic acids is 1. The maximum Gasteiger partial charge on any atom is 0.240 e. The van der Waals surface area contributed by atoms with Gasteiger partial charge in [-0.1, -0.05) is 0 Å². The van der Waals surface area contributed by atoms with Gasteiger partial charge in [0.05, 0.1) is 12.3 Å². The van der Waals surface area contributed by atoms with E-state index < -0.39 is 0 Å². The van der Waals surface area contributed by atoms with Gasteiger partial charge in [0.25, 0.3) is 0 Å². The molecule has 6 nitrogen and oxygen atoms in total. The molecule has 1 aromatic carbocycles. The van der Waals surface area contributed by atoms with Crippen LogP contribution in [0.1, 0.15) is 43.2 Å². The molecular weight excluding hydrogens is 304 g/mol. The zero-order chi connectivity index (χ0) is 16.8. The van der Waals surface area contributed by atoms with Gasteiger partial charge in [-0.2, -0.15) is 5.10 Å². The summed E-state index contributed by atoms with van der Waals surface area (Å²) in [5.41, 5.74) is 4.97. The van der Waals surface area contributed by atoms with E-state index in [0.717, 1.165) is 35.6 Å². The van der Waals surface area contributed by atoms with E-state index in [1.54, 1.807) is 0 Å². The van der Waals surface area contributed by atoms with Crippen molar-refractivity contribution in [3.8, 4) is 5.75 Å². The van der Waals surface area contributed by atoms with Gasteiger partial charge in [-0.15, -0.1) is 0 Å². The summed E-state index contributed by atoms with van der Waals surface area (Å²) >= 11 is 0. The Balaban J connectivity index is 1.57. The highest BCUT2D eigenvalue weighted by atomic mass is 16.5. The van der Waals surface area contributed by atoms with E-state index in [1.165, 1.54) is 32.1 Å². The Morgan fingerprint density at radius 1 is 1.29 bits per heavy atom. The van der Waals surface area contributed by atoms with Crippen molar-refractivity contribution in [1.29, 1.82) is 5.41 Å². The van der Waals surface area contributed by atoms with Crippen LogP contribution in [0.5, 0.6) is 5.75 Å². The van der Waals surface area contributed by atoms with Gasteiger partial charge in [-0.25, -0.2) is 5.43 Å². The number of hydrogen-bond donors (Lipinski definition) is 2. The molecule has 1 fully saturated rings. The van der Waals surface area contributed by atoms with E-state index in [9.17, 15) is 4.79 Å². The second-order valence-corrected chi connectivity index (χ2v) is 6.24. The maximum atomic E-state index is 11.2. The summed E-state index contributed by atoms with van der Waals surface area (Å²) in [6.07, 6.45) is 5.99. The molecule has 2 N–H and O–H groups in total. The number of nitrogens with zero attached hydrogens (tertiary/aromatic N) is 2. The van der Waals surface area contributed by atoms with Crippen molar-refractivity contribution in [3.63, 3.8) is 0 Å². The number of hydrogen-bond acceptors (Lipinski definition) is 5. The van der Waals surface area contributed by atoms with Crippen LogP contribution in [0.3, 0.4) is 0 Å². The number of rotatable bonds is 7. The zero-order valence-electron chi connectivity index (χ0n) is 13.9. The number of nitrogens with one attached hydrogen (secondary N) is 2. The van der Waals surface area contributed by atoms with Crippen molar-refractivity contribution in [3.05, 3.63) is 29.3 Å². The molecule has 0 bridgehead atoms. The number of ether oxygens (including phenoxy) is 1. The van der Waals surface area contributed by atoms with Crippen molar-refractivity contribution in [2.75, 3.05) is 26.2 Å². The fraction of sp³-hybridized carbons (Fsp3) is 0.500. The molecule has 2 aliphatic rings. The maximum absolute atomic E-state index is 11.2. The largest absolute Gasteiger partial charge is 0.494 e. The molecule has 0 unspecified atom stereocenters. The summed E-state index contributed by atoms with van der Waals surface area (Å²) in [6.45, 7) is 4.20. The third-order valence-electron chi connectivity index (χ3n) is 4.48. The first kappa shape index (κ1) is 16.6. The smallest absolute Gasteiger partial charge is 0.240 e. The molecule has 0 radical (unpaired) electrons. The Morgan fingerprint density at radius 3 is 2.83 bits per heavy atom. The minimum absolute atomic E-state index is 0.0619. The van der Waals surface area contributed by atoms with Gasteiger partial charge in [0.15, 0.2) is 0 Å². The van der Waals surface area contributed by atoms with Gasteiger partial charge in [0, 0.05) is 36.7 Å². The van der Waals surface area contributed by atoms with E-state index in [4.69, 9.17) is 10.1 Å². The number of benzene rings is 1. The molecule has 6 heteroatoms. The van der Waals surface area contributed by atoms with Crippen LogP contribution in [0.4, 0.5) is 0 Å². The molecule has 0 atom stereocenters. The molecule has 0 aromatic heterocycles. The first-order chi connectivity index (χ1) is 11.8. The van der Waals surface area contributed by atoms with Gasteiger partial charge in [-0.3, -0.25) is 4.79 Å². The molecular formula is C18H24N4O2. The summed E-state index contributed by atoms with van der Waals surface area (Å²) in [7, 11) is 0. The summed E-state index contributed by atoms with van der Waals surface area (Å²) in [5.74, 6) is 0.715. The Kier molecular flexibility index (Phi) is 5.59. The molecule has 128 valence electrons.